The molecule has 1 aliphatic rings. The number of piperazine rings is 1. The number of benzene rings is 2. The first-order chi connectivity index (χ1) is 12.1. The summed E-state index contributed by atoms with van der Waals surface area (Å²) in [5.41, 5.74) is 2.48. The standard InChI is InChI=1S/C20H26N2O2S/c1-2-18-8-10-20(11-9-18)25(23,24)22-16-14-21(15-17-22)13-12-19-6-4-3-5-7-19/h3-11H,2,12-17H2,1H3. The van der Waals surface area contributed by atoms with Crippen molar-refractivity contribution in [3.63, 3.8) is 0 Å². The second kappa shape index (κ2) is 8.13. The first-order valence-electron chi connectivity index (χ1n) is 8.95. The highest BCUT2D eigenvalue weighted by atomic mass is 32.2. The van der Waals surface area contributed by atoms with Gasteiger partial charge in [0.2, 0.25) is 10.0 Å². The van der Waals surface area contributed by atoms with Crippen molar-refractivity contribution in [1.29, 1.82) is 0 Å². The van der Waals surface area contributed by atoms with Crippen LogP contribution in [0.25, 0.3) is 0 Å². The Morgan fingerprint density at radius 2 is 1.48 bits per heavy atom. The Morgan fingerprint density at radius 3 is 2.08 bits per heavy atom. The SMILES string of the molecule is CCc1ccc(S(=O)(=O)N2CCN(CCc3ccccc3)CC2)cc1. The van der Waals surface area contributed by atoms with Gasteiger partial charge in [-0.1, -0.05) is 49.4 Å². The third-order valence-electron chi connectivity index (χ3n) is 4.86. The second-order valence-electron chi connectivity index (χ2n) is 6.48. The van der Waals surface area contributed by atoms with E-state index in [2.05, 4.69) is 36.1 Å². The lowest BCUT2D eigenvalue weighted by molar-refractivity contribution is 0.190. The summed E-state index contributed by atoms with van der Waals surface area (Å²) in [5, 5.41) is 0. The minimum Gasteiger partial charge on any atom is -0.300 e. The van der Waals surface area contributed by atoms with Gasteiger partial charge in [0.15, 0.2) is 0 Å². The van der Waals surface area contributed by atoms with Gasteiger partial charge >= 0.3 is 0 Å². The van der Waals surface area contributed by atoms with Crippen molar-refractivity contribution in [1.82, 2.24) is 9.21 Å². The molecule has 0 radical (unpaired) electrons. The predicted octanol–water partition coefficient (Wildman–Crippen LogP) is 2.80. The van der Waals surface area contributed by atoms with E-state index in [0.29, 0.717) is 18.0 Å². The van der Waals surface area contributed by atoms with Crippen molar-refractivity contribution in [3.8, 4) is 0 Å². The maximum Gasteiger partial charge on any atom is 0.243 e. The van der Waals surface area contributed by atoms with Crippen molar-refractivity contribution in [2.45, 2.75) is 24.7 Å². The Balaban J connectivity index is 1.55. The van der Waals surface area contributed by atoms with E-state index in [1.807, 2.05) is 18.2 Å². The molecule has 1 saturated heterocycles. The Hall–Kier alpha value is -1.69. The molecule has 0 atom stereocenters. The summed E-state index contributed by atoms with van der Waals surface area (Å²) in [5.74, 6) is 0. The summed E-state index contributed by atoms with van der Waals surface area (Å²) in [6.07, 6.45) is 1.92. The monoisotopic (exact) mass is 358 g/mol. The molecule has 2 aromatic carbocycles. The summed E-state index contributed by atoms with van der Waals surface area (Å²) in [6, 6.07) is 17.7. The lowest BCUT2D eigenvalue weighted by Gasteiger charge is -2.34. The molecule has 0 spiro atoms. The van der Waals surface area contributed by atoms with Crippen molar-refractivity contribution >= 4 is 10.0 Å². The molecule has 0 aliphatic carbocycles. The minimum absolute atomic E-state index is 0.405. The van der Waals surface area contributed by atoms with E-state index >= 15 is 0 Å². The van der Waals surface area contributed by atoms with Gasteiger partial charge in [-0.05, 0) is 36.1 Å². The fourth-order valence-corrected chi connectivity index (χ4v) is 4.59. The Kier molecular flexibility index (Phi) is 5.89. The average Bonchev–Trinajstić information content (AvgIpc) is 2.67. The molecule has 25 heavy (non-hydrogen) atoms. The van der Waals surface area contributed by atoms with Crippen LogP contribution in [0.1, 0.15) is 18.1 Å². The van der Waals surface area contributed by atoms with Crippen LogP contribution in [-0.4, -0.2) is 50.3 Å². The van der Waals surface area contributed by atoms with E-state index in [1.54, 1.807) is 16.4 Å². The molecule has 0 unspecified atom stereocenters. The van der Waals surface area contributed by atoms with Crippen molar-refractivity contribution in [2.75, 3.05) is 32.7 Å². The molecule has 2 aromatic rings. The van der Waals surface area contributed by atoms with Gasteiger partial charge in [0.05, 0.1) is 4.90 Å². The van der Waals surface area contributed by atoms with E-state index in [9.17, 15) is 8.42 Å². The molecule has 134 valence electrons. The summed E-state index contributed by atoms with van der Waals surface area (Å²) in [7, 11) is -3.37. The normalized spacial score (nSPS) is 16.8. The zero-order valence-corrected chi connectivity index (χ0v) is 15.6. The summed E-state index contributed by atoms with van der Waals surface area (Å²) < 4.78 is 27.2. The minimum atomic E-state index is -3.37. The van der Waals surface area contributed by atoms with Crippen LogP contribution < -0.4 is 0 Å². The van der Waals surface area contributed by atoms with Crippen molar-refractivity contribution in [3.05, 3.63) is 65.7 Å². The van der Waals surface area contributed by atoms with Crippen LogP contribution in [0.3, 0.4) is 0 Å². The lowest BCUT2D eigenvalue weighted by atomic mass is 10.1. The molecule has 0 aromatic heterocycles. The van der Waals surface area contributed by atoms with Crippen LogP contribution in [0.5, 0.6) is 0 Å². The molecule has 0 N–H and O–H groups in total. The first-order valence-corrected chi connectivity index (χ1v) is 10.4. The lowest BCUT2D eigenvalue weighted by Crippen LogP contribution is -2.48. The number of nitrogens with zero attached hydrogens (tertiary/aromatic N) is 2. The second-order valence-corrected chi connectivity index (χ2v) is 8.42. The maximum atomic E-state index is 12.8. The largest absolute Gasteiger partial charge is 0.300 e. The molecule has 5 heteroatoms. The summed E-state index contributed by atoms with van der Waals surface area (Å²) in [6.45, 7) is 5.75. The van der Waals surface area contributed by atoms with E-state index < -0.39 is 10.0 Å². The van der Waals surface area contributed by atoms with Gasteiger partial charge in [-0.15, -0.1) is 0 Å². The van der Waals surface area contributed by atoms with Gasteiger partial charge in [-0.3, -0.25) is 0 Å². The first kappa shape index (κ1) is 18.1. The van der Waals surface area contributed by atoms with Crippen LogP contribution in [0, 0.1) is 0 Å². The highest BCUT2D eigenvalue weighted by Gasteiger charge is 2.28. The Morgan fingerprint density at radius 1 is 0.840 bits per heavy atom. The van der Waals surface area contributed by atoms with Crippen molar-refractivity contribution < 1.29 is 8.42 Å². The van der Waals surface area contributed by atoms with Gasteiger partial charge in [0.25, 0.3) is 0 Å². The molecule has 0 bridgehead atoms. The molecule has 1 heterocycles. The highest BCUT2D eigenvalue weighted by Crippen LogP contribution is 2.18. The average molecular weight is 359 g/mol. The van der Waals surface area contributed by atoms with Crippen LogP contribution in [0.4, 0.5) is 0 Å². The smallest absolute Gasteiger partial charge is 0.243 e. The van der Waals surface area contributed by atoms with Crippen LogP contribution in [-0.2, 0) is 22.9 Å². The van der Waals surface area contributed by atoms with Crippen LogP contribution in [0.15, 0.2) is 59.5 Å². The molecule has 1 aliphatic heterocycles. The molecule has 3 rings (SSSR count). The Bertz CT molecular complexity index is 765. The molecular formula is C20H26N2O2S. The molecule has 4 nitrogen and oxygen atoms in total. The number of hydrogen-bond acceptors (Lipinski definition) is 3. The Labute approximate surface area is 151 Å². The molecule has 0 amide bonds. The van der Waals surface area contributed by atoms with E-state index in [0.717, 1.165) is 38.0 Å². The van der Waals surface area contributed by atoms with Crippen molar-refractivity contribution in [2.24, 2.45) is 0 Å². The van der Waals surface area contributed by atoms with Gasteiger partial charge in [-0.2, -0.15) is 4.31 Å². The third-order valence-corrected chi connectivity index (χ3v) is 6.77. The predicted molar refractivity (Wildman–Crippen MR) is 101 cm³/mol. The van der Waals surface area contributed by atoms with E-state index in [4.69, 9.17) is 0 Å². The fourth-order valence-electron chi connectivity index (χ4n) is 3.17. The van der Waals surface area contributed by atoms with E-state index in [-0.39, 0.29) is 0 Å². The highest BCUT2D eigenvalue weighted by molar-refractivity contribution is 7.89. The fraction of sp³-hybridized carbons (Fsp3) is 0.400. The molecule has 1 fully saturated rings. The zero-order valence-electron chi connectivity index (χ0n) is 14.8. The molecular weight excluding hydrogens is 332 g/mol. The zero-order chi connectivity index (χ0) is 17.7. The summed E-state index contributed by atoms with van der Waals surface area (Å²) >= 11 is 0. The number of hydrogen-bond donors (Lipinski definition) is 0. The van der Waals surface area contributed by atoms with Crippen LogP contribution in [0.2, 0.25) is 0 Å². The number of sulfonamides is 1. The van der Waals surface area contributed by atoms with E-state index in [1.165, 1.54) is 5.56 Å². The number of rotatable bonds is 6. The summed E-state index contributed by atoms with van der Waals surface area (Å²) in [4.78, 5) is 2.75. The quantitative estimate of drug-likeness (QED) is 0.797. The third kappa shape index (κ3) is 4.48. The van der Waals surface area contributed by atoms with Gasteiger partial charge in [0, 0.05) is 32.7 Å². The van der Waals surface area contributed by atoms with Gasteiger partial charge in [0.1, 0.15) is 0 Å². The van der Waals surface area contributed by atoms with Gasteiger partial charge in [-0.25, -0.2) is 8.42 Å². The van der Waals surface area contributed by atoms with Crippen LogP contribution >= 0.6 is 0 Å². The van der Waals surface area contributed by atoms with Gasteiger partial charge < -0.3 is 4.90 Å². The topological polar surface area (TPSA) is 40.6 Å². The number of aryl methyl sites for hydroxylation is 1. The molecule has 0 saturated carbocycles. The maximum absolute atomic E-state index is 12.8.